The molecule has 0 aliphatic rings. The molecular weight excluding hydrogens is 405 g/mol. The van der Waals surface area contributed by atoms with Crippen LogP contribution in [0.5, 0.6) is 5.75 Å². The SMILES string of the molecule is CCCC(=O)Nc1ccc(C(=O)NNC(=O)COc2ccc(Cl)cc2Cl)cc1. The van der Waals surface area contributed by atoms with E-state index >= 15 is 0 Å². The van der Waals surface area contributed by atoms with Crippen molar-refractivity contribution in [1.82, 2.24) is 10.9 Å². The molecule has 2 aromatic rings. The topological polar surface area (TPSA) is 96.5 Å². The van der Waals surface area contributed by atoms with Crippen LogP contribution in [0.2, 0.25) is 10.0 Å². The van der Waals surface area contributed by atoms with E-state index in [1.54, 1.807) is 18.2 Å². The van der Waals surface area contributed by atoms with E-state index in [0.717, 1.165) is 6.42 Å². The molecule has 0 fully saturated rings. The van der Waals surface area contributed by atoms with E-state index in [1.807, 2.05) is 6.92 Å². The molecule has 28 heavy (non-hydrogen) atoms. The van der Waals surface area contributed by atoms with Crippen molar-refractivity contribution in [1.29, 1.82) is 0 Å². The molecule has 0 aliphatic heterocycles. The van der Waals surface area contributed by atoms with Crippen molar-refractivity contribution in [3.63, 3.8) is 0 Å². The summed E-state index contributed by atoms with van der Waals surface area (Å²) in [5.41, 5.74) is 5.43. The van der Waals surface area contributed by atoms with E-state index < -0.39 is 11.8 Å². The second-order valence-corrected chi connectivity index (χ2v) is 6.58. The molecule has 0 spiro atoms. The van der Waals surface area contributed by atoms with Crippen LogP contribution >= 0.6 is 23.2 Å². The quantitative estimate of drug-likeness (QED) is 0.592. The van der Waals surface area contributed by atoms with Crippen LogP contribution < -0.4 is 20.9 Å². The Morgan fingerprint density at radius 3 is 2.32 bits per heavy atom. The van der Waals surface area contributed by atoms with Crippen LogP contribution in [0.25, 0.3) is 0 Å². The highest BCUT2D eigenvalue weighted by atomic mass is 35.5. The summed E-state index contributed by atoms with van der Waals surface area (Å²) < 4.78 is 5.27. The number of nitrogens with one attached hydrogen (secondary N) is 3. The Balaban J connectivity index is 1.79. The van der Waals surface area contributed by atoms with E-state index in [-0.39, 0.29) is 17.5 Å². The predicted octanol–water partition coefficient (Wildman–Crippen LogP) is 3.57. The molecular formula is C19H19Cl2N3O4. The number of halogens is 2. The molecule has 3 amide bonds. The molecule has 0 atom stereocenters. The molecule has 0 bridgehead atoms. The second-order valence-electron chi connectivity index (χ2n) is 5.74. The number of hydrazine groups is 1. The Bertz CT molecular complexity index is 857. The Labute approximate surface area is 172 Å². The smallest absolute Gasteiger partial charge is 0.276 e. The number of anilines is 1. The minimum atomic E-state index is -0.567. The first-order valence-corrected chi connectivity index (χ1v) is 9.21. The van der Waals surface area contributed by atoms with Crippen LogP contribution in [0, 0.1) is 0 Å². The molecule has 2 rings (SSSR count). The molecule has 0 aromatic heterocycles. The maximum Gasteiger partial charge on any atom is 0.276 e. The lowest BCUT2D eigenvalue weighted by molar-refractivity contribution is -0.123. The van der Waals surface area contributed by atoms with Gasteiger partial charge in [0.05, 0.1) is 5.02 Å². The van der Waals surface area contributed by atoms with Gasteiger partial charge in [-0.3, -0.25) is 25.2 Å². The summed E-state index contributed by atoms with van der Waals surface area (Å²) in [5.74, 6) is -0.867. The average molecular weight is 424 g/mol. The van der Waals surface area contributed by atoms with E-state index in [2.05, 4.69) is 16.2 Å². The standard InChI is InChI=1S/C19H19Cl2N3O4/c1-2-3-17(25)22-14-7-4-12(5-8-14)19(27)24-23-18(26)11-28-16-9-6-13(20)10-15(16)21/h4-10H,2-3,11H2,1H3,(H,22,25)(H,23,26)(H,24,27). The maximum absolute atomic E-state index is 12.1. The van der Waals surface area contributed by atoms with Gasteiger partial charge in [0.1, 0.15) is 5.75 Å². The zero-order valence-electron chi connectivity index (χ0n) is 15.1. The fourth-order valence-electron chi connectivity index (χ4n) is 2.13. The van der Waals surface area contributed by atoms with Gasteiger partial charge in [0, 0.05) is 22.7 Å². The zero-order valence-corrected chi connectivity index (χ0v) is 16.6. The number of benzene rings is 2. The van der Waals surface area contributed by atoms with Crippen molar-refractivity contribution in [2.24, 2.45) is 0 Å². The van der Waals surface area contributed by atoms with Gasteiger partial charge >= 0.3 is 0 Å². The first-order chi connectivity index (χ1) is 13.4. The third-order valence-electron chi connectivity index (χ3n) is 3.48. The third kappa shape index (κ3) is 6.75. The Hall–Kier alpha value is -2.77. The number of amides is 3. The summed E-state index contributed by atoms with van der Waals surface area (Å²) in [6, 6.07) is 10.9. The first-order valence-electron chi connectivity index (χ1n) is 8.46. The van der Waals surface area contributed by atoms with Crippen molar-refractivity contribution in [2.45, 2.75) is 19.8 Å². The van der Waals surface area contributed by atoms with Gasteiger partial charge in [-0.05, 0) is 48.9 Å². The summed E-state index contributed by atoms with van der Waals surface area (Å²) in [7, 11) is 0. The molecule has 0 aliphatic carbocycles. The normalized spacial score (nSPS) is 10.1. The van der Waals surface area contributed by atoms with Gasteiger partial charge in [-0.2, -0.15) is 0 Å². The summed E-state index contributed by atoms with van der Waals surface area (Å²) in [5, 5.41) is 3.45. The summed E-state index contributed by atoms with van der Waals surface area (Å²) in [6.45, 7) is 1.57. The van der Waals surface area contributed by atoms with Gasteiger partial charge in [-0.1, -0.05) is 30.1 Å². The lowest BCUT2D eigenvalue weighted by atomic mass is 10.2. The lowest BCUT2D eigenvalue weighted by Gasteiger charge is -2.10. The van der Waals surface area contributed by atoms with Crippen LogP contribution in [0.1, 0.15) is 30.1 Å². The Morgan fingerprint density at radius 1 is 0.964 bits per heavy atom. The number of hydrogen-bond donors (Lipinski definition) is 3. The van der Waals surface area contributed by atoms with E-state index in [0.29, 0.717) is 28.4 Å². The van der Waals surface area contributed by atoms with Crippen molar-refractivity contribution < 1.29 is 19.1 Å². The number of rotatable bonds is 7. The molecule has 9 heteroatoms. The third-order valence-corrected chi connectivity index (χ3v) is 4.01. The molecule has 0 saturated heterocycles. The van der Waals surface area contributed by atoms with Gasteiger partial charge in [-0.25, -0.2) is 0 Å². The molecule has 0 saturated carbocycles. The summed E-state index contributed by atoms with van der Waals surface area (Å²) in [4.78, 5) is 35.4. The summed E-state index contributed by atoms with van der Waals surface area (Å²) in [6.07, 6.45) is 1.18. The molecule has 2 aromatic carbocycles. The average Bonchev–Trinajstić information content (AvgIpc) is 2.66. The minimum Gasteiger partial charge on any atom is -0.482 e. The van der Waals surface area contributed by atoms with E-state index in [4.69, 9.17) is 27.9 Å². The van der Waals surface area contributed by atoms with Crippen molar-refractivity contribution in [3.05, 3.63) is 58.1 Å². The van der Waals surface area contributed by atoms with Crippen molar-refractivity contribution in [3.8, 4) is 5.75 Å². The first kappa shape index (κ1) is 21.5. The second kappa shape index (κ2) is 10.5. The van der Waals surface area contributed by atoms with Crippen LogP contribution in [0.4, 0.5) is 5.69 Å². The summed E-state index contributed by atoms with van der Waals surface area (Å²) >= 11 is 11.7. The molecule has 148 valence electrons. The van der Waals surface area contributed by atoms with Crippen molar-refractivity contribution in [2.75, 3.05) is 11.9 Å². The molecule has 3 N–H and O–H groups in total. The van der Waals surface area contributed by atoms with Crippen molar-refractivity contribution >= 4 is 46.6 Å². The molecule has 0 unspecified atom stereocenters. The van der Waals surface area contributed by atoms with Gasteiger partial charge < -0.3 is 10.1 Å². The van der Waals surface area contributed by atoms with Gasteiger partial charge in [0.15, 0.2) is 6.61 Å². The fraction of sp³-hybridized carbons (Fsp3) is 0.211. The highest BCUT2D eigenvalue weighted by Crippen LogP contribution is 2.27. The fourth-order valence-corrected chi connectivity index (χ4v) is 2.59. The predicted molar refractivity (Wildman–Crippen MR) is 108 cm³/mol. The lowest BCUT2D eigenvalue weighted by Crippen LogP contribution is -2.43. The van der Waals surface area contributed by atoms with Gasteiger partial charge in [0.25, 0.3) is 11.8 Å². The molecule has 0 radical (unpaired) electrons. The van der Waals surface area contributed by atoms with Gasteiger partial charge in [0.2, 0.25) is 5.91 Å². The molecule has 0 heterocycles. The Kier molecular flexibility index (Phi) is 8.10. The van der Waals surface area contributed by atoms with Crippen LogP contribution in [0.3, 0.4) is 0 Å². The van der Waals surface area contributed by atoms with Crippen LogP contribution in [-0.2, 0) is 9.59 Å². The van der Waals surface area contributed by atoms with Crippen LogP contribution in [-0.4, -0.2) is 24.3 Å². The molecule has 7 nitrogen and oxygen atoms in total. The monoisotopic (exact) mass is 423 g/mol. The Morgan fingerprint density at radius 2 is 1.68 bits per heavy atom. The highest BCUT2D eigenvalue weighted by molar-refractivity contribution is 6.35. The number of hydrogen-bond acceptors (Lipinski definition) is 4. The number of carbonyl (C=O) groups is 3. The minimum absolute atomic E-state index is 0.0900. The number of carbonyl (C=O) groups excluding carboxylic acids is 3. The van der Waals surface area contributed by atoms with E-state index in [9.17, 15) is 14.4 Å². The van der Waals surface area contributed by atoms with Gasteiger partial charge in [-0.15, -0.1) is 0 Å². The zero-order chi connectivity index (χ0) is 20.5. The van der Waals surface area contributed by atoms with E-state index in [1.165, 1.54) is 24.3 Å². The highest BCUT2D eigenvalue weighted by Gasteiger charge is 2.10. The number of ether oxygens (including phenoxy) is 1. The van der Waals surface area contributed by atoms with Crippen LogP contribution in [0.15, 0.2) is 42.5 Å². The largest absolute Gasteiger partial charge is 0.482 e. The maximum atomic E-state index is 12.1.